The van der Waals surface area contributed by atoms with Gasteiger partial charge in [-0.15, -0.1) is 0 Å². The lowest BCUT2D eigenvalue weighted by Gasteiger charge is -2.50. The lowest BCUT2D eigenvalue weighted by Crippen LogP contribution is -2.68. The van der Waals surface area contributed by atoms with Crippen LogP contribution in [0.4, 0.5) is 0 Å². The van der Waals surface area contributed by atoms with E-state index in [4.69, 9.17) is 99.5 Å². The number of unbranched alkanes of at least 4 members (excludes halogenated alkanes) is 7. The first-order valence-electron chi connectivity index (χ1n) is 42.5. The van der Waals surface area contributed by atoms with Gasteiger partial charge in [0.1, 0.15) is 171 Å². The topological polar surface area (TPSA) is 877 Å². The maximum Gasteiger partial charge on any atom is 0.187 e. The molecule has 56 nitrogen and oxygen atoms in total. The third-order valence-electron chi connectivity index (χ3n) is 22.0. The number of aliphatic hydroxyl groups excluding tert-OH is 14. The number of rotatable bonds is 49. The quantitative estimate of drug-likeness (QED) is 0.0199. The Bertz CT molecular complexity index is 3520. The molecule has 0 aromatic carbocycles. The van der Waals surface area contributed by atoms with Gasteiger partial charge in [-0.3, -0.25) is 0 Å². The van der Waals surface area contributed by atoms with Gasteiger partial charge in [-0.05, 0) is 89.9 Å². The Morgan fingerprint density at radius 1 is 0.165 bits per heavy atom. The highest BCUT2D eigenvalue weighted by molar-refractivity contribution is 7.87. The molecule has 133 heavy (non-hydrogen) atoms. The summed E-state index contributed by atoms with van der Waals surface area (Å²) in [5.41, 5.74) is 0. The first-order valence-corrected chi connectivity index (χ1v) is 53.5. The fourth-order valence-electron chi connectivity index (χ4n) is 15.1. The number of ether oxygens (including phenoxy) is 21. The van der Waals surface area contributed by atoms with Gasteiger partial charge in [0, 0.05) is 86.5 Å². The van der Waals surface area contributed by atoms with E-state index in [0.29, 0.717) is 0 Å². The van der Waals surface area contributed by atoms with Crippen molar-refractivity contribution in [1.29, 1.82) is 0 Å². The Morgan fingerprint density at radius 2 is 0.271 bits per heavy atom. The predicted octanol–water partition coefficient (Wildman–Crippen LogP) is -12.8. The zero-order chi connectivity index (χ0) is 98.3. The van der Waals surface area contributed by atoms with Crippen LogP contribution in [-0.4, -0.2) is 510 Å². The van der Waals surface area contributed by atoms with Crippen LogP contribution in [0.5, 0.6) is 0 Å². The van der Waals surface area contributed by atoms with Crippen LogP contribution >= 0.6 is 0 Å². The van der Waals surface area contributed by atoms with Gasteiger partial charge in [-0.1, -0.05) is 0 Å². The van der Waals surface area contributed by atoms with Crippen molar-refractivity contribution in [3.8, 4) is 0 Å². The molecule has 0 aromatic rings. The van der Waals surface area contributed by atoms with Gasteiger partial charge in [-0.25, -0.2) is 58.9 Å². The van der Waals surface area contributed by atoms with E-state index in [2.05, 4.69) is 0 Å². The summed E-state index contributed by atoms with van der Waals surface area (Å²) in [5.74, 6) is -6.14. The van der Waals surface area contributed by atoms with Gasteiger partial charge in [0.15, 0.2) is 44.0 Å². The fourth-order valence-corrected chi connectivity index (χ4v) is 19.0. The summed E-state index contributed by atoms with van der Waals surface area (Å²) < 4.78 is 369. The third kappa shape index (κ3) is 38.2. The minimum absolute atomic E-state index is 0.172. The molecule has 784 valence electrons. The van der Waals surface area contributed by atoms with Crippen LogP contribution in [-0.2, 0) is 170 Å². The Labute approximate surface area is 766 Å². The molecule has 14 bridgehead atoms. The van der Waals surface area contributed by atoms with Gasteiger partial charge < -0.3 is 203 Å². The average Bonchev–Trinajstić information content (AvgIpc) is 0.861. The van der Waals surface area contributed by atoms with E-state index >= 15 is 0 Å². The van der Waals surface area contributed by atoms with Crippen LogP contribution in [0.25, 0.3) is 0 Å². The zero-order valence-corrected chi connectivity index (χ0v) is 76.9. The molecule has 21 aliphatic rings. The first-order chi connectivity index (χ1) is 62.2. The summed E-state index contributed by atoms with van der Waals surface area (Å²) >= 11 is 0. The lowest BCUT2D eigenvalue weighted by atomic mass is 9.95. The van der Waals surface area contributed by atoms with E-state index in [1.54, 1.807) is 0 Å². The molecule has 14 N–H and O–H groups in total. The monoisotopic (exact) mass is 2080 g/mol. The lowest BCUT2D eigenvalue weighted by molar-refractivity contribution is -0.397. The van der Waals surface area contributed by atoms with E-state index in [9.17, 15) is 162 Å². The van der Waals surface area contributed by atoms with Crippen LogP contribution in [0.15, 0.2) is 0 Å². The van der Waals surface area contributed by atoms with Crippen LogP contribution in [0.1, 0.15) is 89.9 Å². The van der Waals surface area contributed by atoms with Gasteiger partial charge in [0.2, 0.25) is 0 Å². The minimum Gasteiger partial charge on any atom is -0.748 e. The molecule has 0 aliphatic carbocycles. The van der Waals surface area contributed by atoms with Crippen molar-refractivity contribution in [3.05, 3.63) is 0 Å². The molecule has 0 aromatic heterocycles. The summed E-state index contributed by atoms with van der Waals surface area (Å²) in [4.78, 5) is 0. The summed E-state index contributed by atoms with van der Waals surface area (Å²) in [7, 11) is -33.4. The molecule has 63 heteroatoms. The van der Waals surface area contributed by atoms with Crippen LogP contribution in [0.2, 0.25) is 0 Å². The molecule has 21 heterocycles. The van der Waals surface area contributed by atoms with Gasteiger partial charge >= 0.3 is 0 Å². The van der Waals surface area contributed by atoms with Crippen molar-refractivity contribution in [2.24, 2.45) is 0 Å². The van der Waals surface area contributed by atoms with Crippen molar-refractivity contribution in [2.45, 2.75) is 305 Å². The Kier molecular flexibility index (Phi) is 46.8. The second-order valence-corrected chi connectivity index (χ2v) is 43.3. The predicted molar refractivity (Wildman–Crippen MR) is 421 cm³/mol. The van der Waals surface area contributed by atoms with Crippen LogP contribution < -0.4 is 0 Å². The fraction of sp³-hybridized carbons (Fsp3) is 1.00. The van der Waals surface area contributed by atoms with E-state index in [-0.39, 0.29) is 89.9 Å². The normalized spacial score (nSPS) is 37.9. The SMILES string of the molecule is O=S(=O)([O-])CCCCOC[C@H]1O[C@@H]2O[C@H]3[C@H](O)[C@@H](O)[C@@H](O[C@H]4[C@H](O)[C@@H](O)[C@@H](O[C@H]5[C@H](O)[C@@H](O)[C@@H](O[C@H]6[C@H](O)[C@@H](O)[C@@H](O[C@H]7[C@H](O)[C@@H](O)[C@@H](O[C@H]8[C@H](O)[C@@H](O)[C@@H](O[C@H]1[C@H](O)[C@H]2O)O[C@@H]8COCCCCS(=O)(=O)[O-])O[C@@H]7COCCCCS(=O)(=O)[O-])O[C@@H]6COCCCCS(=O)(=O)[O-])O[C@@H]5COCCCCS(=O)(=O)[O-])O[C@@H]4COCCCCS(=O)(=O)[O-])O[C@@H]3COCCCCS(=O)(=O)[O-]. The molecule has 0 saturated carbocycles. The molecular weight excluding hydrogens is 1960 g/mol. The average molecular weight is 2080 g/mol. The van der Waals surface area contributed by atoms with Crippen molar-refractivity contribution < 1.29 is 262 Å². The Hall–Kier alpha value is -2.03. The summed E-state index contributed by atoms with van der Waals surface area (Å²) in [6.07, 6.45) is -82.0. The third-order valence-corrected chi connectivity index (χ3v) is 27.6. The van der Waals surface area contributed by atoms with Crippen LogP contribution in [0.3, 0.4) is 0 Å². The molecule has 21 saturated heterocycles. The second kappa shape index (κ2) is 53.5. The highest BCUT2D eigenvalue weighted by atomic mass is 32.2. The number of aliphatic hydroxyl groups is 14. The van der Waals surface area contributed by atoms with E-state index < -0.39 is 419 Å². The summed E-state index contributed by atoms with van der Waals surface area (Å²) in [5, 5.41) is 171. The van der Waals surface area contributed by atoms with E-state index in [1.807, 2.05) is 0 Å². The van der Waals surface area contributed by atoms with E-state index in [1.165, 1.54) is 0 Å². The first kappa shape index (κ1) is 116. The standard InChI is InChI=1S/C70H126O56S7/c71-43-50(78)64-113-36(29-106-15-1-8-22-127(85,86)87)57(43)120-65-51(79)44(72)59(38(114-65)31-108-17-3-10-24-129(91,92)93)122-67-53(81)46(74)61(40(116-67)33-110-19-5-12-26-131(97,98)99)124-69-55(83)48(76)63(42(118-69)35-112-21-7-14-28-133(103,104)105)126-70-56(84)49(77)62(41(119-70)34-111-20-6-13-27-132(100,101)102)125-68-54(82)47(75)60(39(117-68)32-109-18-4-11-25-130(94,95)96)123-66-52(80)45(73)58(121-64)37(115-66)30-107-16-2-9-23-128(88,89)90/h36-84H,1-35H2,(H,85,86,87)(H,88,89,90)(H,91,92,93)(H,94,95,96)(H,97,98,99)(H,100,101,102)(H,103,104,105)/p-7/t36-,37-,38-,39-,40-,41-,42-,43-,44-,45-,46-,47-,48-,49-,50-,51-,52-,53-,54-,55-,56-,57-,58-,59-,60-,61-,62-,63-,64-,65-,66-,67-,68-,69-,70-/m1/s1. The molecular formula is C70H119O56S7-7. The Balaban J connectivity index is 1.24. The molecule has 0 radical (unpaired) electrons. The van der Waals surface area contributed by atoms with Crippen molar-refractivity contribution in [2.75, 3.05) is 133 Å². The smallest absolute Gasteiger partial charge is 0.187 e. The number of hydrogen-bond donors (Lipinski definition) is 14. The van der Waals surface area contributed by atoms with Gasteiger partial charge in [-0.2, -0.15) is 0 Å². The molecule has 21 aliphatic heterocycles. The molecule has 0 unspecified atom stereocenters. The van der Waals surface area contributed by atoms with Gasteiger partial charge in [0.25, 0.3) is 0 Å². The summed E-state index contributed by atoms with van der Waals surface area (Å²) in [6, 6.07) is 0. The molecule has 21 fully saturated rings. The second-order valence-electron chi connectivity index (χ2n) is 32.7. The largest absolute Gasteiger partial charge is 0.748 e. The highest BCUT2D eigenvalue weighted by Gasteiger charge is 2.60. The molecule has 0 amide bonds. The zero-order valence-electron chi connectivity index (χ0n) is 71.2. The minimum atomic E-state index is -4.78. The van der Waals surface area contributed by atoms with Crippen molar-refractivity contribution in [3.63, 3.8) is 0 Å². The highest BCUT2D eigenvalue weighted by Crippen LogP contribution is 2.40. The van der Waals surface area contributed by atoms with Crippen molar-refractivity contribution in [1.82, 2.24) is 0 Å². The molecule has 0 spiro atoms. The van der Waals surface area contributed by atoms with Crippen molar-refractivity contribution >= 4 is 70.8 Å². The Morgan fingerprint density at radius 3 is 0.368 bits per heavy atom. The number of hydrogen-bond acceptors (Lipinski definition) is 56. The molecule has 35 atom stereocenters. The molecule has 21 rings (SSSR count). The maximum absolute atomic E-state index is 12.3. The van der Waals surface area contributed by atoms with Crippen LogP contribution in [0, 0.1) is 0 Å². The maximum atomic E-state index is 12.3. The van der Waals surface area contributed by atoms with Gasteiger partial charge in [0.05, 0.1) is 117 Å². The summed E-state index contributed by atoms with van der Waals surface area (Å²) in [6.45, 7) is -8.85. The van der Waals surface area contributed by atoms with E-state index in [0.717, 1.165) is 0 Å².